The molecule has 2 aromatic heterocycles. The highest BCUT2D eigenvalue weighted by atomic mass is 19.1. The number of carbonyl (C=O) groups is 1. The van der Waals surface area contributed by atoms with Gasteiger partial charge in [-0.15, -0.1) is 10.2 Å². The van der Waals surface area contributed by atoms with Crippen molar-refractivity contribution in [2.75, 3.05) is 29.9 Å². The van der Waals surface area contributed by atoms with Crippen molar-refractivity contribution in [2.24, 2.45) is 0 Å². The number of benzene rings is 2. The molecule has 10 nitrogen and oxygen atoms in total. The van der Waals surface area contributed by atoms with Gasteiger partial charge in [-0.1, -0.05) is 12.1 Å². The molecule has 0 spiro atoms. The first-order chi connectivity index (χ1) is 18.5. The van der Waals surface area contributed by atoms with E-state index in [1.54, 1.807) is 31.2 Å². The Bertz CT molecular complexity index is 1460. The molecule has 192 valence electrons. The van der Waals surface area contributed by atoms with Crippen molar-refractivity contribution in [1.82, 2.24) is 25.5 Å². The first kappa shape index (κ1) is 24.8. The average molecular weight is 513 g/mol. The number of rotatable bonds is 7. The highest BCUT2D eigenvalue weighted by Gasteiger charge is 2.24. The smallest absolute Gasteiger partial charge is 0.252 e. The predicted octanol–water partition coefficient (Wildman–Crippen LogP) is 4.36. The lowest BCUT2D eigenvalue weighted by atomic mass is 9.96. The van der Waals surface area contributed by atoms with Crippen LogP contribution in [0.15, 0.2) is 59.1 Å². The fraction of sp³-hybridized carbons (Fsp3) is 0.259. The molecule has 0 unspecified atom stereocenters. The quantitative estimate of drug-likeness (QED) is 0.347. The normalized spacial score (nSPS) is 13.7. The molecule has 1 aliphatic rings. The molecule has 1 amide bonds. The van der Waals surface area contributed by atoms with Crippen LogP contribution in [0.25, 0.3) is 11.3 Å². The van der Waals surface area contributed by atoms with E-state index in [4.69, 9.17) is 9.68 Å². The molecule has 11 heteroatoms. The van der Waals surface area contributed by atoms with Crippen molar-refractivity contribution in [3.05, 3.63) is 77.9 Å². The van der Waals surface area contributed by atoms with E-state index >= 15 is 0 Å². The number of piperidine rings is 1. The average Bonchev–Trinajstić information content (AvgIpc) is 3.39. The maximum Gasteiger partial charge on any atom is 0.252 e. The monoisotopic (exact) mass is 512 g/mol. The van der Waals surface area contributed by atoms with Crippen LogP contribution >= 0.6 is 0 Å². The molecule has 2 aromatic carbocycles. The Balaban J connectivity index is 1.22. The highest BCUT2D eigenvalue weighted by molar-refractivity contribution is 5.94. The predicted molar refractivity (Wildman–Crippen MR) is 138 cm³/mol. The fourth-order valence-corrected chi connectivity index (χ4v) is 4.38. The van der Waals surface area contributed by atoms with E-state index in [1.807, 2.05) is 30.3 Å². The van der Waals surface area contributed by atoms with Gasteiger partial charge in [-0.3, -0.25) is 4.79 Å². The van der Waals surface area contributed by atoms with Gasteiger partial charge >= 0.3 is 0 Å². The number of nitriles is 1. The molecule has 4 aromatic rings. The van der Waals surface area contributed by atoms with Crippen LogP contribution in [-0.2, 0) is 0 Å². The van der Waals surface area contributed by atoms with Crippen LogP contribution < -0.4 is 15.5 Å². The van der Waals surface area contributed by atoms with Crippen LogP contribution in [0.2, 0.25) is 0 Å². The number of aromatic nitrogens is 4. The van der Waals surface area contributed by atoms with Crippen LogP contribution in [0.1, 0.15) is 40.9 Å². The number of nitrogens with zero attached hydrogens (tertiary/aromatic N) is 6. The summed E-state index contributed by atoms with van der Waals surface area (Å²) in [6.07, 6.45) is 3.00. The van der Waals surface area contributed by atoms with E-state index in [0.29, 0.717) is 17.0 Å². The second-order valence-electron chi connectivity index (χ2n) is 8.90. The fourth-order valence-electron chi connectivity index (χ4n) is 4.38. The zero-order chi connectivity index (χ0) is 26.5. The van der Waals surface area contributed by atoms with Gasteiger partial charge in [-0.05, 0) is 49.2 Å². The number of hydrogen-bond acceptors (Lipinski definition) is 9. The van der Waals surface area contributed by atoms with Gasteiger partial charge in [-0.2, -0.15) is 5.26 Å². The zero-order valence-corrected chi connectivity index (χ0v) is 20.7. The zero-order valence-electron chi connectivity index (χ0n) is 20.7. The topological polar surface area (TPSA) is 133 Å². The Morgan fingerprint density at radius 2 is 1.87 bits per heavy atom. The van der Waals surface area contributed by atoms with Crippen LogP contribution in [0.5, 0.6) is 0 Å². The summed E-state index contributed by atoms with van der Waals surface area (Å²) < 4.78 is 20.1. The minimum Gasteiger partial charge on any atom is -0.425 e. The number of halogens is 1. The lowest BCUT2D eigenvalue weighted by Crippen LogP contribution is -2.32. The molecular formula is C27H25FN8O2. The number of nitrogens with one attached hydrogen (secondary N) is 2. The summed E-state index contributed by atoms with van der Waals surface area (Å²) in [5.74, 6) is 0.899. The SMILES string of the molecule is Cc1nnc(C2CCN(c3ccc(Nc4ncc(F)c(-c5ccc(C(=O)NCC#N)cc5)n4)cc3)CC2)o1. The molecule has 2 N–H and O–H groups in total. The van der Waals surface area contributed by atoms with Gasteiger partial charge in [0.1, 0.15) is 12.2 Å². The molecule has 1 fully saturated rings. The molecule has 3 heterocycles. The molecule has 0 aliphatic carbocycles. The van der Waals surface area contributed by atoms with Crippen LogP contribution in [0.4, 0.5) is 21.7 Å². The third-order valence-electron chi connectivity index (χ3n) is 6.37. The maximum absolute atomic E-state index is 14.5. The van der Waals surface area contributed by atoms with Gasteiger partial charge in [0.2, 0.25) is 17.7 Å². The van der Waals surface area contributed by atoms with E-state index < -0.39 is 5.82 Å². The molecule has 0 radical (unpaired) electrons. The molecular weight excluding hydrogens is 487 g/mol. The second kappa shape index (κ2) is 11.0. The van der Waals surface area contributed by atoms with Crippen molar-refractivity contribution < 1.29 is 13.6 Å². The summed E-state index contributed by atoms with van der Waals surface area (Å²) in [6.45, 7) is 3.50. The molecule has 1 saturated heterocycles. The first-order valence-electron chi connectivity index (χ1n) is 12.2. The van der Waals surface area contributed by atoms with E-state index in [2.05, 4.69) is 35.7 Å². The van der Waals surface area contributed by atoms with Gasteiger partial charge < -0.3 is 20.0 Å². The standard InChI is InChI=1S/C27H25FN8O2/c1-17-34-35-26(38-17)20-10-14-36(15-11-20)22-8-6-21(7-9-22)32-27-31-16-23(28)24(33-27)18-2-4-19(5-3-18)25(37)30-13-12-29/h2-9,16,20H,10-11,13-15H2,1H3,(H,30,37)(H,31,32,33). The molecule has 1 aliphatic heterocycles. The summed E-state index contributed by atoms with van der Waals surface area (Å²) in [6, 6.07) is 16.1. The van der Waals surface area contributed by atoms with Gasteiger partial charge in [0.05, 0.1) is 12.3 Å². The third-order valence-corrected chi connectivity index (χ3v) is 6.37. The Kier molecular flexibility index (Phi) is 7.21. The Hall–Kier alpha value is -4.85. The van der Waals surface area contributed by atoms with E-state index in [1.165, 1.54) is 0 Å². The first-order valence-corrected chi connectivity index (χ1v) is 12.2. The molecule has 0 atom stereocenters. The van der Waals surface area contributed by atoms with Gasteiger partial charge in [0, 0.05) is 48.4 Å². The second-order valence-corrected chi connectivity index (χ2v) is 8.90. The Morgan fingerprint density at radius 1 is 1.13 bits per heavy atom. The lowest BCUT2D eigenvalue weighted by molar-refractivity contribution is 0.0958. The summed E-state index contributed by atoms with van der Waals surface area (Å²) in [5.41, 5.74) is 2.86. The Morgan fingerprint density at radius 3 is 2.53 bits per heavy atom. The van der Waals surface area contributed by atoms with Crippen molar-refractivity contribution >= 4 is 23.2 Å². The summed E-state index contributed by atoms with van der Waals surface area (Å²) in [4.78, 5) is 22.7. The van der Waals surface area contributed by atoms with Crippen molar-refractivity contribution in [3.63, 3.8) is 0 Å². The number of aryl methyl sites for hydroxylation is 1. The van der Waals surface area contributed by atoms with Crippen molar-refractivity contribution in [2.45, 2.75) is 25.7 Å². The molecule has 0 bridgehead atoms. The van der Waals surface area contributed by atoms with Gasteiger partial charge in [-0.25, -0.2) is 14.4 Å². The summed E-state index contributed by atoms with van der Waals surface area (Å²) >= 11 is 0. The highest BCUT2D eigenvalue weighted by Crippen LogP contribution is 2.30. The van der Waals surface area contributed by atoms with Crippen molar-refractivity contribution in [1.29, 1.82) is 5.26 Å². The molecule has 0 saturated carbocycles. The van der Waals surface area contributed by atoms with Gasteiger partial charge in [0.25, 0.3) is 5.91 Å². The maximum atomic E-state index is 14.5. The number of hydrogen-bond donors (Lipinski definition) is 2. The van der Waals surface area contributed by atoms with E-state index in [9.17, 15) is 9.18 Å². The molecule has 38 heavy (non-hydrogen) atoms. The number of amides is 1. The minimum absolute atomic E-state index is 0.0865. The minimum atomic E-state index is -0.577. The number of carbonyl (C=O) groups excluding carboxylic acids is 1. The van der Waals surface area contributed by atoms with E-state index in [0.717, 1.165) is 49.4 Å². The summed E-state index contributed by atoms with van der Waals surface area (Å²) in [7, 11) is 0. The largest absolute Gasteiger partial charge is 0.425 e. The van der Waals surface area contributed by atoms with Crippen LogP contribution in [0, 0.1) is 24.1 Å². The third kappa shape index (κ3) is 5.59. The number of anilines is 3. The van der Waals surface area contributed by atoms with Crippen LogP contribution in [0.3, 0.4) is 0 Å². The van der Waals surface area contributed by atoms with E-state index in [-0.39, 0.29) is 30.0 Å². The van der Waals surface area contributed by atoms with Gasteiger partial charge in [0.15, 0.2) is 5.82 Å². The van der Waals surface area contributed by atoms with Crippen molar-refractivity contribution in [3.8, 4) is 17.3 Å². The molecule has 5 rings (SSSR count). The lowest BCUT2D eigenvalue weighted by Gasteiger charge is -2.32. The van der Waals surface area contributed by atoms with Crippen LogP contribution in [-0.4, -0.2) is 45.7 Å². The summed E-state index contributed by atoms with van der Waals surface area (Å²) in [5, 5.41) is 22.3. The Labute approximate surface area is 218 Å².